The van der Waals surface area contributed by atoms with Crippen LogP contribution in [0.1, 0.15) is 52.9 Å². The molecule has 102 valence electrons. The average molecular weight is 252 g/mol. The van der Waals surface area contributed by atoms with Gasteiger partial charge in [0.2, 0.25) is 0 Å². The van der Waals surface area contributed by atoms with Crippen molar-refractivity contribution in [3.63, 3.8) is 0 Å². The van der Waals surface area contributed by atoms with E-state index in [-0.39, 0.29) is 29.1 Å². The van der Waals surface area contributed by atoms with Crippen molar-refractivity contribution in [2.45, 2.75) is 52.9 Å². The normalized spacial score (nSPS) is 42.2. The lowest BCUT2D eigenvalue weighted by Gasteiger charge is -2.52. The topological polar surface area (TPSA) is 54.4 Å². The molecule has 0 spiro atoms. The van der Waals surface area contributed by atoms with Crippen LogP contribution in [0.4, 0.5) is 0 Å². The maximum Gasteiger partial charge on any atom is 0.306 e. The zero-order valence-corrected chi connectivity index (χ0v) is 11.6. The molecule has 0 aromatic heterocycles. The third-order valence-electron chi connectivity index (χ3n) is 5.57. The minimum atomic E-state index is -0.713. The highest BCUT2D eigenvalue weighted by atomic mass is 16.4. The number of fused-ring (bicyclic) bond motifs is 1. The van der Waals surface area contributed by atoms with Gasteiger partial charge in [0.25, 0.3) is 0 Å². The Hall–Kier alpha value is -0.860. The summed E-state index contributed by atoms with van der Waals surface area (Å²) in [5.74, 6) is -0.241. The van der Waals surface area contributed by atoms with Gasteiger partial charge in [-0.2, -0.15) is 0 Å². The van der Waals surface area contributed by atoms with Crippen LogP contribution >= 0.6 is 0 Å². The van der Waals surface area contributed by atoms with Gasteiger partial charge in [0.1, 0.15) is 5.78 Å². The maximum absolute atomic E-state index is 12.0. The second-order valence-electron chi connectivity index (χ2n) is 6.62. The molecule has 5 atom stereocenters. The number of hydrogen-bond donors (Lipinski definition) is 1. The lowest BCUT2D eigenvalue weighted by atomic mass is 9.51. The number of rotatable bonds is 2. The fourth-order valence-electron chi connectivity index (χ4n) is 4.45. The van der Waals surface area contributed by atoms with E-state index in [1.54, 1.807) is 0 Å². The summed E-state index contributed by atoms with van der Waals surface area (Å²) >= 11 is 0. The molecule has 18 heavy (non-hydrogen) atoms. The zero-order valence-electron chi connectivity index (χ0n) is 11.6. The molecule has 2 aliphatic rings. The molecule has 3 nitrogen and oxygen atoms in total. The van der Waals surface area contributed by atoms with E-state index in [9.17, 15) is 14.7 Å². The predicted octanol–water partition coefficient (Wildman–Crippen LogP) is 3.13. The Morgan fingerprint density at radius 2 is 2.11 bits per heavy atom. The third-order valence-corrected chi connectivity index (χ3v) is 5.57. The summed E-state index contributed by atoms with van der Waals surface area (Å²) in [4.78, 5) is 23.3. The molecule has 0 aliphatic heterocycles. The van der Waals surface area contributed by atoms with Crippen LogP contribution < -0.4 is 0 Å². The van der Waals surface area contributed by atoms with Gasteiger partial charge in [0.05, 0.1) is 5.92 Å². The van der Waals surface area contributed by atoms with Crippen LogP contribution in [0.25, 0.3) is 0 Å². The van der Waals surface area contributed by atoms with Gasteiger partial charge in [-0.15, -0.1) is 0 Å². The molecule has 2 rings (SSSR count). The van der Waals surface area contributed by atoms with Crippen molar-refractivity contribution in [2.75, 3.05) is 0 Å². The molecule has 0 bridgehead atoms. The summed E-state index contributed by atoms with van der Waals surface area (Å²) in [5, 5.41) is 9.28. The number of aliphatic carboxylic acids is 1. The minimum absolute atomic E-state index is 0.0378. The van der Waals surface area contributed by atoms with E-state index < -0.39 is 5.97 Å². The van der Waals surface area contributed by atoms with Gasteiger partial charge in [-0.3, -0.25) is 9.59 Å². The largest absolute Gasteiger partial charge is 0.481 e. The quantitative estimate of drug-likeness (QED) is 0.821. The SMILES string of the molecule is CC(C(=O)O)C1CCCC2(C)CCC(=O)C(C)C12. The van der Waals surface area contributed by atoms with Crippen molar-refractivity contribution in [3.8, 4) is 0 Å². The third kappa shape index (κ3) is 2.08. The second-order valence-corrected chi connectivity index (χ2v) is 6.62. The van der Waals surface area contributed by atoms with Crippen molar-refractivity contribution in [3.05, 3.63) is 0 Å². The molecular formula is C15H24O3. The highest BCUT2D eigenvalue weighted by Gasteiger charge is 2.51. The van der Waals surface area contributed by atoms with Gasteiger partial charge in [-0.25, -0.2) is 0 Å². The Morgan fingerprint density at radius 3 is 2.72 bits per heavy atom. The first kappa shape index (κ1) is 13.6. The molecule has 0 saturated heterocycles. The fourth-order valence-corrected chi connectivity index (χ4v) is 4.45. The Balaban J connectivity index is 2.30. The summed E-state index contributed by atoms with van der Waals surface area (Å²) in [6.45, 7) is 6.09. The average Bonchev–Trinajstić information content (AvgIpc) is 2.32. The van der Waals surface area contributed by atoms with Gasteiger partial charge in [0, 0.05) is 12.3 Å². The van der Waals surface area contributed by atoms with E-state index in [1.165, 1.54) is 0 Å². The number of carboxylic acid groups (broad SMARTS) is 1. The molecule has 0 radical (unpaired) electrons. The van der Waals surface area contributed by atoms with E-state index in [0.717, 1.165) is 25.7 Å². The van der Waals surface area contributed by atoms with Gasteiger partial charge in [0.15, 0.2) is 0 Å². The summed E-state index contributed by atoms with van der Waals surface area (Å²) in [5.41, 5.74) is 0.181. The van der Waals surface area contributed by atoms with Crippen LogP contribution in [0.15, 0.2) is 0 Å². The number of carbonyl (C=O) groups excluding carboxylic acids is 1. The molecule has 0 heterocycles. The maximum atomic E-state index is 12.0. The van der Waals surface area contributed by atoms with Gasteiger partial charge in [-0.1, -0.05) is 27.2 Å². The molecule has 2 saturated carbocycles. The van der Waals surface area contributed by atoms with E-state index in [1.807, 2.05) is 13.8 Å². The number of Topliss-reactive ketones (excluding diaryl/α,β-unsaturated/α-hetero) is 1. The zero-order chi connectivity index (χ0) is 13.5. The molecule has 1 N–H and O–H groups in total. The van der Waals surface area contributed by atoms with Crippen LogP contribution in [0.5, 0.6) is 0 Å². The molecular weight excluding hydrogens is 228 g/mol. The summed E-state index contributed by atoms with van der Waals surface area (Å²) in [7, 11) is 0. The van der Waals surface area contributed by atoms with Crippen molar-refractivity contribution >= 4 is 11.8 Å². The summed E-state index contributed by atoms with van der Waals surface area (Å²) < 4.78 is 0. The molecule has 2 aliphatic carbocycles. The van der Waals surface area contributed by atoms with Gasteiger partial charge < -0.3 is 5.11 Å². The van der Waals surface area contributed by atoms with Crippen LogP contribution in [0.2, 0.25) is 0 Å². The first-order valence-corrected chi connectivity index (χ1v) is 7.12. The number of ketones is 1. The highest BCUT2D eigenvalue weighted by Crippen LogP contribution is 2.55. The first-order valence-electron chi connectivity index (χ1n) is 7.12. The molecule has 2 fully saturated rings. The first-order chi connectivity index (χ1) is 8.37. The second kappa shape index (κ2) is 4.67. The smallest absolute Gasteiger partial charge is 0.306 e. The Labute approximate surface area is 109 Å². The summed E-state index contributed by atoms with van der Waals surface area (Å²) in [6, 6.07) is 0. The molecule has 5 unspecified atom stereocenters. The molecule has 0 aromatic carbocycles. The van der Waals surface area contributed by atoms with Crippen molar-refractivity contribution in [1.29, 1.82) is 0 Å². The Bertz CT molecular complexity index is 363. The monoisotopic (exact) mass is 252 g/mol. The fraction of sp³-hybridized carbons (Fsp3) is 0.867. The van der Waals surface area contributed by atoms with Gasteiger partial charge >= 0.3 is 5.97 Å². The van der Waals surface area contributed by atoms with E-state index in [0.29, 0.717) is 12.2 Å². The van der Waals surface area contributed by atoms with Crippen LogP contribution in [0, 0.1) is 29.1 Å². The van der Waals surface area contributed by atoms with Crippen molar-refractivity contribution in [2.24, 2.45) is 29.1 Å². The van der Waals surface area contributed by atoms with Crippen molar-refractivity contribution < 1.29 is 14.7 Å². The van der Waals surface area contributed by atoms with E-state index in [4.69, 9.17) is 0 Å². The van der Waals surface area contributed by atoms with Crippen molar-refractivity contribution in [1.82, 2.24) is 0 Å². The van der Waals surface area contributed by atoms with E-state index >= 15 is 0 Å². The number of carboxylic acids is 1. The Morgan fingerprint density at radius 1 is 1.44 bits per heavy atom. The number of carbonyl (C=O) groups is 2. The Kier molecular flexibility index (Phi) is 3.52. The van der Waals surface area contributed by atoms with Gasteiger partial charge in [-0.05, 0) is 36.5 Å². The van der Waals surface area contributed by atoms with Crippen LogP contribution in [0.3, 0.4) is 0 Å². The standard InChI is InChI=1S/C15H24O3/c1-9(14(17)18)11-5-4-7-15(3)8-6-12(16)10(2)13(11)15/h9-11,13H,4-8H2,1-3H3,(H,17,18). The van der Waals surface area contributed by atoms with Crippen LogP contribution in [-0.4, -0.2) is 16.9 Å². The molecule has 0 amide bonds. The highest BCUT2D eigenvalue weighted by molar-refractivity contribution is 5.82. The minimum Gasteiger partial charge on any atom is -0.481 e. The summed E-state index contributed by atoms with van der Waals surface area (Å²) in [6.07, 6.45) is 4.85. The molecule has 0 aromatic rings. The predicted molar refractivity (Wildman–Crippen MR) is 69.1 cm³/mol. The number of hydrogen-bond acceptors (Lipinski definition) is 2. The van der Waals surface area contributed by atoms with Crippen LogP contribution in [-0.2, 0) is 9.59 Å². The lowest BCUT2D eigenvalue weighted by Crippen LogP contribution is -2.49. The van der Waals surface area contributed by atoms with E-state index in [2.05, 4.69) is 6.92 Å². The lowest BCUT2D eigenvalue weighted by molar-refractivity contribution is -0.151. The molecule has 3 heteroatoms.